The Kier molecular flexibility index (Phi) is 26.3. The van der Waals surface area contributed by atoms with Gasteiger partial charge in [0.25, 0.3) is 0 Å². The highest BCUT2D eigenvalue weighted by atomic mass is 15.1. The molecular formula is C38H72N2. The normalized spacial score (nSPS) is 11.8. The van der Waals surface area contributed by atoms with E-state index in [0.29, 0.717) is 0 Å². The summed E-state index contributed by atoms with van der Waals surface area (Å²) in [4.78, 5) is 5.30. The van der Waals surface area contributed by atoms with Crippen molar-refractivity contribution < 1.29 is 0 Å². The molecule has 0 atom stereocenters. The Hall–Kier alpha value is -0.860. The predicted octanol–water partition coefficient (Wildman–Crippen LogP) is 12.0. The first-order valence-corrected chi connectivity index (χ1v) is 18.3. The molecule has 0 amide bonds. The van der Waals surface area contributed by atoms with Crippen LogP contribution >= 0.6 is 0 Å². The summed E-state index contributed by atoms with van der Waals surface area (Å²) < 4.78 is 0. The van der Waals surface area contributed by atoms with Gasteiger partial charge in [-0.1, -0.05) is 180 Å². The molecule has 234 valence electrons. The topological polar surface area (TPSA) is 6.48 Å². The zero-order valence-electron chi connectivity index (χ0n) is 28.0. The third-order valence-corrected chi connectivity index (χ3v) is 8.85. The van der Waals surface area contributed by atoms with Crippen LogP contribution in [-0.2, 0) is 13.1 Å². The summed E-state index contributed by atoms with van der Waals surface area (Å²) in [5.74, 6) is 0. The van der Waals surface area contributed by atoms with Gasteiger partial charge < -0.3 is 0 Å². The van der Waals surface area contributed by atoms with Crippen LogP contribution in [0.1, 0.15) is 180 Å². The van der Waals surface area contributed by atoms with Gasteiger partial charge in [0, 0.05) is 13.1 Å². The van der Waals surface area contributed by atoms with E-state index in [1.807, 2.05) is 0 Å². The Morgan fingerprint density at radius 2 is 0.700 bits per heavy atom. The summed E-state index contributed by atoms with van der Waals surface area (Å²) in [6.07, 6.45) is 31.3. The molecule has 0 saturated carbocycles. The van der Waals surface area contributed by atoms with Crippen molar-refractivity contribution in [2.75, 3.05) is 26.2 Å². The van der Waals surface area contributed by atoms with Crippen molar-refractivity contribution in [3.05, 3.63) is 35.4 Å². The minimum absolute atomic E-state index is 1.10. The van der Waals surface area contributed by atoms with Crippen LogP contribution in [0.5, 0.6) is 0 Å². The molecule has 1 aromatic rings. The number of rotatable bonds is 30. The van der Waals surface area contributed by atoms with Gasteiger partial charge in [-0.15, -0.1) is 0 Å². The number of hydrogen-bond donors (Lipinski definition) is 0. The minimum Gasteiger partial charge on any atom is -0.299 e. The van der Waals surface area contributed by atoms with E-state index < -0.39 is 0 Å². The van der Waals surface area contributed by atoms with Crippen LogP contribution in [0, 0.1) is 0 Å². The third-order valence-electron chi connectivity index (χ3n) is 8.85. The summed E-state index contributed by atoms with van der Waals surface area (Å²) in [5, 5.41) is 0. The molecule has 2 heteroatoms. The zero-order valence-corrected chi connectivity index (χ0v) is 28.0. The summed E-state index contributed by atoms with van der Waals surface area (Å²) in [6, 6.07) is 9.45. The monoisotopic (exact) mass is 557 g/mol. The number of benzene rings is 1. The molecule has 0 aromatic heterocycles. The van der Waals surface area contributed by atoms with E-state index in [2.05, 4.69) is 61.8 Å². The van der Waals surface area contributed by atoms with Crippen molar-refractivity contribution in [1.82, 2.24) is 9.80 Å². The lowest BCUT2D eigenvalue weighted by atomic mass is 10.1. The molecule has 0 unspecified atom stereocenters. The molecule has 0 radical (unpaired) electrons. The van der Waals surface area contributed by atoms with Gasteiger partial charge in [0.2, 0.25) is 0 Å². The van der Waals surface area contributed by atoms with Crippen LogP contribution in [0.15, 0.2) is 24.3 Å². The highest BCUT2D eigenvalue weighted by Crippen LogP contribution is 2.15. The van der Waals surface area contributed by atoms with Gasteiger partial charge in [-0.3, -0.25) is 9.80 Å². The van der Waals surface area contributed by atoms with E-state index in [0.717, 1.165) is 26.2 Å². The van der Waals surface area contributed by atoms with Crippen molar-refractivity contribution in [3.63, 3.8) is 0 Å². The molecule has 0 fully saturated rings. The van der Waals surface area contributed by atoms with Crippen LogP contribution < -0.4 is 0 Å². The minimum atomic E-state index is 1.10. The molecule has 1 rings (SSSR count). The second-order valence-electron chi connectivity index (χ2n) is 12.6. The van der Waals surface area contributed by atoms with Crippen molar-refractivity contribution in [3.8, 4) is 0 Å². The number of hydrogen-bond acceptors (Lipinski definition) is 2. The maximum atomic E-state index is 2.65. The fraction of sp³-hybridized carbons (Fsp3) is 0.842. The van der Waals surface area contributed by atoms with Crippen LogP contribution in [0.2, 0.25) is 0 Å². The molecule has 0 aliphatic rings. The molecule has 0 bridgehead atoms. The SMILES string of the molecule is CCCCCCCCCCCCCN(CC)Cc1cccc(CN(CC)CCCCCCCCCCCCC)c1. The Labute approximate surface area is 253 Å². The first kappa shape index (κ1) is 37.2. The smallest absolute Gasteiger partial charge is 0.0233 e. The summed E-state index contributed by atoms with van der Waals surface area (Å²) >= 11 is 0. The van der Waals surface area contributed by atoms with Gasteiger partial charge in [-0.05, 0) is 50.1 Å². The predicted molar refractivity (Wildman–Crippen MR) is 181 cm³/mol. The summed E-state index contributed by atoms with van der Waals surface area (Å²) in [6.45, 7) is 16.3. The second-order valence-corrected chi connectivity index (χ2v) is 12.6. The fourth-order valence-electron chi connectivity index (χ4n) is 6.04. The quantitative estimate of drug-likeness (QED) is 0.0869. The average molecular weight is 557 g/mol. The molecule has 40 heavy (non-hydrogen) atoms. The van der Waals surface area contributed by atoms with E-state index in [1.54, 1.807) is 0 Å². The average Bonchev–Trinajstić information content (AvgIpc) is 2.97. The zero-order chi connectivity index (χ0) is 28.9. The summed E-state index contributed by atoms with van der Waals surface area (Å²) in [7, 11) is 0. The Balaban J connectivity index is 2.18. The Morgan fingerprint density at radius 3 is 1.00 bits per heavy atom. The highest BCUT2D eigenvalue weighted by Gasteiger charge is 2.07. The van der Waals surface area contributed by atoms with Gasteiger partial charge in [0.15, 0.2) is 0 Å². The molecule has 0 N–H and O–H groups in total. The van der Waals surface area contributed by atoms with Crippen LogP contribution in [-0.4, -0.2) is 36.0 Å². The number of unbranched alkanes of at least 4 members (excludes halogenated alkanes) is 20. The van der Waals surface area contributed by atoms with E-state index in [1.165, 1.54) is 165 Å². The molecular weight excluding hydrogens is 484 g/mol. The Bertz CT molecular complexity index is 591. The highest BCUT2D eigenvalue weighted by molar-refractivity contribution is 5.23. The standard InChI is InChI=1S/C38H72N2/c1-5-9-11-13-15-17-19-21-23-25-27-32-39(7-3)35-37-30-29-31-38(34-37)36-40(8-4)33-28-26-24-22-20-18-16-14-12-10-6-2/h29-31,34H,5-28,32-33,35-36H2,1-4H3. The molecule has 0 aliphatic carbocycles. The first-order valence-electron chi connectivity index (χ1n) is 18.3. The van der Waals surface area contributed by atoms with Gasteiger partial charge in [0.1, 0.15) is 0 Å². The van der Waals surface area contributed by atoms with E-state index in [-0.39, 0.29) is 0 Å². The molecule has 0 saturated heterocycles. The lowest BCUT2D eigenvalue weighted by Crippen LogP contribution is -2.25. The maximum absolute atomic E-state index is 2.65. The molecule has 0 aliphatic heterocycles. The largest absolute Gasteiger partial charge is 0.299 e. The molecule has 0 heterocycles. The van der Waals surface area contributed by atoms with Crippen LogP contribution in [0.25, 0.3) is 0 Å². The van der Waals surface area contributed by atoms with Crippen molar-refractivity contribution in [1.29, 1.82) is 0 Å². The fourth-order valence-corrected chi connectivity index (χ4v) is 6.04. The van der Waals surface area contributed by atoms with Crippen LogP contribution in [0.4, 0.5) is 0 Å². The molecule has 0 spiro atoms. The van der Waals surface area contributed by atoms with Crippen molar-refractivity contribution >= 4 is 0 Å². The van der Waals surface area contributed by atoms with Crippen LogP contribution in [0.3, 0.4) is 0 Å². The third kappa shape index (κ3) is 21.8. The van der Waals surface area contributed by atoms with E-state index in [9.17, 15) is 0 Å². The van der Waals surface area contributed by atoms with Gasteiger partial charge in [-0.2, -0.15) is 0 Å². The molecule has 1 aromatic carbocycles. The van der Waals surface area contributed by atoms with Crippen molar-refractivity contribution in [2.45, 2.75) is 182 Å². The van der Waals surface area contributed by atoms with Gasteiger partial charge in [0.05, 0.1) is 0 Å². The van der Waals surface area contributed by atoms with Crippen molar-refractivity contribution in [2.24, 2.45) is 0 Å². The molecule has 2 nitrogen and oxygen atoms in total. The first-order chi connectivity index (χ1) is 19.7. The Morgan fingerprint density at radius 1 is 0.400 bits per heavy atom. The van der Waals surface area contributed by atoms with E-state index in [4.69, 9.17) is 0 Å². The van der Waals surface area contributed by atoms with Gasteiger partial charge >= 0.3 is 0 Å². The maximum Gasteiger partial charge on any atom is 0.0233 e. The second kappa shape index (κ2) is 28.3. The lowest BCUT2D eigenvalue weighted by molar-refractivity contribution is 0.268. The van der Waals surface area contributed by atoms with E-state index >= 15 is 0 Å². The number of nitrogens with zero attached hydrogens (tertiary/aromatic N) is 2. The van der Waals surface area contributed by atoms with Gasteiger partial charge in [-0.25, -0.2) is 0 Å². The summed E-state index contributed by atoms with van der Waals surface area (Å²) in [5.41, 5.74) is 2.99. The lowest BCUT2D eigenvalue weighted by Gasteiger charge is -2.23.